The normalized spacial score (nSPS) is 17.4. The fraction of sp³-hybridized carbons (Fsp3) is 0.571. The number of aliphatic hydroxyl groups is 1. The van der Waals surface area contributed by atoms with E-state index in [1.54, 1.807) is 12.1 Å². The average molecular weight is 264 g/mol. The van der Waals surface area contributed by atoms with E-state index in [2.05, 4.69) is 12.2 Å². The standard InChI is InChI=1S/C14H20N2O3/c1-14(6-2-3-7-14)10-15-12-8-11(9-17)4-5-13(12)16(18)19/h4-5,8,15,17H,2-3,6-7,9-10H2,1H3. The zero-order chi connectivity index (χ0) is 13.9. The van der Waals surface area contributed by atoms with Gasteiger partial charge in [0.25, 0.3) is 5.69 Å². The molecule has 0 spiro atoms. The van der Waals surface area contributed by atoms with Crippen molar-refractivity contribution in [2.45, 2.75) is 39.2 Å². The molecule has 1 saturated carbocycles. The minimum Gasteiger partial charge on any atom is -0.392 e. The van der Waals surface area contributed by atoms with Crippen molar-refractivity contribution in [1.82, 2.24) is 0 Å². The molecular formula is C14H20N2O3. The van der Waals surface area contributed by atoms with Crippen molar-refractivity contribution in [3.63, 3.8) is 0 Å². The molecular weight excluding hydrogens is 244 g/mol. The number of hydrogen-bond acceptors (Lipinski definition) is 4. The maximum Gasteiger partial charge on any atom is 0.292 e. The predicted molar refractivity (Wildman–Crippen MR) is 74.1 cm³/mol. The summed E-state index contributed by atoms with van der Waals surface area (Å²) in [6.45, 7) is 2.85. The Morgan fingerprint density at radius 1 is 1.42 bits per heavy atom. The van der Waals surface area contributed by atoms with Crippen molar-refractivity contribution in [3.05, 3.63) is 33.9 Å². The number of hydrogen-bond donors (Lipinski definition) is 2. The second-order valence-corrected chi connectivity index (χ2v) is 5.64. The van der Waals surface area contributed by atoms with Crippen molar-refractivity contribution < 1.29 is 10.0 Å². The molecule has 0 aromatic heterocycles. The van der Waals surface area contributed by atoms with Crippen LogP contribution in [0.5, 0.6) is 0 Å². The number of nitro groups is 1. The van der Waals surface area contributed by atoms with E-state index in [9.17, 15) is 10.1 Å². The molecule has 2 N–H and O–H groups in total. The third kappa shape index (κ3) is 3.23. The third-order valence-corrected chi connectivity index (χ3v) is 3.96. The molecule has 5 heteroatoms. The molecule has 0 amide bonds. The monoisotopic (exact) mass is 264 g/mol. The second kappa shape index (κ2) is 5.57. The van der Waals surface area contributed by atoms with Crippen molar-refractivity contribution in [2.75, 3.05) is 11.9 Å². The fourth-order valence-electron chi connectivity index (χ4n) is 2.70. The predicted octanol–water partition coefficient (Wildman–Crippen LogP) is 3.08. The van der Waals surface area contributed by atoms with E-state index in [0.29, 0.717) is 11.3 Å². The van der Waals surface area contributed by atoms with Crippen LogP contribution in [0.2, 0.25) is 0 Å². The van der Waals surface area contributed by atoms with Crippen LogP contribution in [0, 0.1) is 15.5 Å². The van der Waals surface area contributed by atoms with Gasteiger partial charge in [-0.25, -0.2) is 0 Å². The summed E-state index contributed by atoms with van der Waals surface area (Å²) >= 11 is 0. The Bertz CT molecular complexity index is 468. The number of nitrogens with one attached hydrogen (secondary N) is 1. The Balaban J connectivity index is 2.15. The number of nitro benzene ring substituents is 1. The van der Waals surface area contributed by atoms with Crippen LogP contribution in [0.25, 0.3) is 0 Å². The van der Waals surface area contributed by atoms with Crippen LogP contribution < -0.4 is 5.32 Å². The number of nitrogens with zero attached hydrogens (tertiary/aromatic N) is 1. The fourth-order valence-corrected chi connectivity index (χ4v) is 2.70. The first-order valence-corrected chi connectivity index (χ1v) is 6.66. The highest BCUT2D eigenvalue weighted by Crippen LogP contribution is 2.38. The molecule has 1 aliphatic carbocycles. The van der Waals surface area contributed by atoms with Crippen LogP contribution >= 0.6 is 0 Å². The Kier molecular flexibility index (Phi) is 4.04. The van der Waals surface area contributed by atoms with Gasteiger partial charge in [-0.3, -0.25) is 10.1 Å². The van der Waals surface area contributed by atoms with Crippen LogP contribution in [-0.2, 0) is 6.61 Å². The van der Waals surface area contributed by atoms with Gasteiger partial charge in [-0.2, -0.15) is 0 Å². The van der Waals surface area contributed by atoms with Crippen LogP contribution in [0.4, 0.5) is 11.4 Å². The van der Waals surface area contributed by atoms with Gasteiger partial charge in [0.1, 0.15) is 5.69 Å². The molecule has 1 aromatic carbocycles. The highest BCUT2D eigenvalue weighted by Gasteiger charge is 2.29. The van der Waals surface area contributed by atoms with Crippen LogP contribution in [0.1, 0.15) is 38.2 Å². The molecule has 5 nitrogen and oxygen atoms in total. The summed E-state index contributed by atoms with van der Waals surface area (Å²) in [6.07, 6.45) is 4.79. The van der Waals surface area contributed by atoms with E-state index in [4.69, 9.17) is 5.11 Å². The van der Waals surface area contributed by atoms with Gasteiger partial charge in [-0.1, -0.05) is 19.8 Å². The van der Waals surface area contributed by atoms with Crippen LogP contribution in [0.3, 0.4) is 0 Å². The van der Waals surface area contributed by atoms with Gasteiger partial charge in [0.2, 0.25) is 0 Å². The third-order valence-electron chi connectivity index (χ3n) is 3.96. The smallest absolute Gasteiger partial charge is 0.292 e. The number of aliphatic hydroxyl groups excluding tert-OH is 1. The average Bonchev–Trinajstić information content (AvgIpc) is 2.83. The van der Waals surface area contributed by atoms with E-state index in [-0.39, 0.29) is 22.6 Å². The Morgan fingerprint density at radius 2 is 2.11 bits per heavy atom. The summed E-state index contributed by atoms with van der Waals surface area (Å²) in [6, 6.07) is 4.70. The highest BCUT2D eigenvalue weighted by atomic mass is 16.6. The van der Waals surface area contributed by atoms with Gasteiger partial charge >= 0.3 is 0 Å². The van der Waals surface area contributed by atoms with E-state index in [0.717, 1.165) is 19.4 Å². The summed E-state index contributed by atoms with van der Waals surface area (Å²) in [5.74, 6) is 0. The Hall–Kier alpha value is -1.62. The molecule has 104 valence electrons. The van der Waals surface area contributed by atoms with E-state index in [1.807, 2.05) is 0 Å². The summed E-state index contributed by atoms with van der Waals surface area (Å²) < 4.78 is 0. The first kappa shape index (κ1) is 13.8. The Labute approximate surface area is 112 Å². The zero-order valence-corrected chi connectivity index (χ0v) is 11.2. The summed E-state index contributed by atoms with van der Waals surface area (Å²) in [5, 5.41) is 23.3. The molecule has 0 saturated heterocycles. The van der Waals surface area contributed by atoms with Crippen molar-refractivity contribution in [1.29, 1.82) is 0 Å². The molecule has 0 atom stereocenters. The minimum absolute atomic E-state index is 0.0683. The number of benzene rings is 1. The molecule has 0 unspecified atom stereocenters. The zero-order valence-electron chi connectivity index (χ0n) is 11.2. The van der Waals surface area contributed by atoms with E-state index < -0.39 is 0 Å². The molecule has 2 rings (SSSR count). The van der Waals surface area contributed by atoms with Gasteiger partial charge in [-0.15, -0.1) is 0 Å². The largest absolute Gasteiger partial charge is 0.392 e. The lowest BCUT2D eigenvalue weighted by atomic mass is 9.89. The lowest BCUT2D eigenvalue weighted by Gasteiger charge is -2.24. The summed E-state index contributed by atoms with van der Waals surface area (Å²) in [7, 11) is 0. The maximum atomic E-state index is 11.0. The first-order chi connectivity index (χ1) is 9.04. The van der Waals surface area contributed by atoms with Gasteiger partial charge in [0.05, 0.1) is 11.5 Å². The topological polar surface area (TPSA) is 75.4 Å². The molecule has 0 radical (unpaired) electrons. The number of rotatable bonds is 5. The van der Waals surface area contributed by atoms with Crippen LogP contribution in [-0.4, -0.2) is 16.6 Å². The minimum atomic E-state index is -0.388. The van der Waals surface area contributed by atoms with E-state index in [1.165, 1.54) is 18.9 Å². The summed E-state index contributed by atoms with van der Waals surface area (Å²) in [4.78, 5) is 10.6. The molecule has 0 bridgehead atoms. The second-order valence-electron chi connectivity index (χ2n) is 5.64. The molecule has 1 aliphatic rings. The van der Waals surface area contributed by atoms with E-state index >= 15 is 0 Å². The molecule has 19 heavy (non-hydrogen) atoms. The van der Waals surface area contributed by atoms with Crippen LogP contribution in [0.15, 0.2) is 18.2 Å². The quantitative estimate of drug-likeness (QED) is 0.633. The van der Waals surface area contributed by atoms with Gasteiger partial charge in [0, 0.05) is 12.6 Å². The summed E-state index contributed by atoms with van der Waals surface area (Å²) in [5.41, 5.74) is 1.48. The molecule has 1 aromatic rings. The van der Waals surface area contributed by atoms with Crippen molar-refractivity contribution >= 4 is 11.4 Å². The lowest BCUT2D eigenvalue weighted by molar-refractivity contribution is -0.384. The highest BCUT2D eigenvalue weighted by molar-refractivity contribution is 5.62. The van der Waals surface area contributed by atoms with Crippen molar-refractivity contribution in [3.8, 4) is 0 Å². The first-order valence-electron chi connectivity index (χ1n) is 6.66. The number of anilines is 1. The molecule has 1 fully saturated rings. The Morgan fingerprint density at radius 3 is 2.68 bits per heavy atom. The SMILES string of the molecule is CC1(CNc2cc(CO)ccc2[N+](=O)[O-])CCCC1. The molecule has 0 heterocycles. The van der Waals surface area contributed by atoms with Gasteiger partial charge < -0.3 is 10.4 Å². The van der Waals surface area contributed by atoms with Gasteiger partial charge in [0.15, 0.2) is 0 Å². The maximum absolute atomic E-state index is 11.0. The lowest BCUT2D eigenvalue weighted by Crippen LogP contribution is -2.23. The molecule has 0 aliphatic heterocycles. The van der Waals surface area contributed by atoms with Crippen molar-refractivity contribution in [2.24, 2.45) is 5.41 Å². The van der Waals surface area contributed by atoms with Gasteiger partial charge in [-0.05, 0) is 36.0 Å².